The number of nitrogens with zero attached hydrogens (tertiary/aromatic N) is 1. The fourth-order valence-electron chi connectivity index (χ4n) is 2.27. The van der Waals surface area contributed by atoms with Crippen molar-refractivity contribution in [2.75, 3.05) is 26.3 Å². The van der Waals surface area contributed by atoms with Gasteiger partial charge in [-0.2, -0.15) is 0 Å². The molecule has 1 aliphatic heterocycles. The molecule has 1 saturated heterocycles. The van der Waals surface area contributed by atoms with Crippen molar-refractivity contribution in [2.24, 2.45) is 11.8 Å². The molecule has 1 heterocycles. The number of rotatable bonds is 5. The first-order valence-corrected chi connectivity index (χ1v) is 7.17. The number of nitrogens with one attached hydrogen (secondary N) is 1. The van der Waals surface area contributed by atoms with E-state index in [2.05, 4.69) is 26.1 Å². The van der Waals surface area contributed by atoms with Crippen LogP contribution < -0.4 is 5.32 Å². The maximum Gasteiger partial charge on any atom is 0.317 e. The number of hydrogen-bond donors (Lipinski definition) is 1. The first kappa shape index (κ1) is 15.3. The van der Waals surface area contributed by atoms with E-state index in [4.69, 9.17) is 4.74 Å². The van der Waals surface area contributed by atoms with E-state index in [0.717, 1.165) is 19.5 Å². The zero-order valence-corrected chi connectivity index (χ0v) is 12.2. The quantitative estimate of drug-likeness (QED) is 0.821. The lowest BCUT2D eigenvalue weighted by Crippen LogP contribution is -2.51. The summed E-state index contributed by atoms with van der Waals surface area (Å²) in [6, 6.07) is 0.176. The van der Waals surface area contributed by atoms with E-state index in [0.29, 0.717) is 25.0 Å². The molecule has 0 radical (unpaired) electrons. The second kappa shape index (κ2) is 7.62. The molecule has 18 heavy (non-hydrogen) atoms. The van der Waals surface area contributed by atoms with Gasteiger partial charge in [0.15, 0.2) is 0 Å². The molecule has 2 atom stereocenters. The third-order valence-electron chi connectivity index (χ3n) is 3.56. The van der Waals surface area contributed by atoms with Crippen molar-refractivity contribution in [2.45, 2.75) is 46.6 Å². The van der Waals surface area contributed by atoms with Gasteiger partial charge < -0.3 is 15.0 Å². The van der Waals surface area contributed by atoms with Crippen LogP contribution in [0.4, 0.5) is 4.79 Å². The van der Waals surface area contributed by atoms with E-state index >= 15 is 0 Å². The smallest absolute Gasteiger partial charge is 0.317 e. The summed E-state index contributed by atoms with van der Waals surface area (Å²) in [5, 5.41) is 3.10. The Morgan fingerprint density at radius 3 is 2.78 bits per heavy atom. The Labute approximate surface area is 111 Å². The van der Waals surface area contributed by atoms with Crippen LogP contribution in [0.3, 0.4) is 0 Å². The average Bonchev–Trinajstić information content (AvgIpc) is 2.33. The standard InChI is InChI=1S/C14H28N2O2/c1-5-18-10-13(11(2)3)15-14(17)16-8-6-7-12(4)9-16/h11-13H,5-10H2,1-4H3,(H,15,17). The number of carbonyl (C=O) groups excluding carboxylic acids is 1. The molecule has 0 aromatic heterocycles. The van der Waals surface area contributed by atoms with Gasteiger partial charge in [-0.1, -0.05) is 20.8 Å². The van der Waals surface area contributed by atoms with Gasteiger partial charge in [-0.25, -0.2) is 4.79 Å². The SMILES string of the molecule is CCOCC(NC(=O)N1CCCC(C)C1)C(C)C. The highest BCUT2D eigenvalue weighted by atomic mass is 16.5. The van der Waals surface area contributed by atoms with Gasteiger partial charge in [-0.3, -0.25) is 0 Å². The maximum absolute atomic E-state index is 12.2. The molecule has 0 saturated carbocycles. The lowest BCUT2D eigenvalue weighted by molar-refractivity contribution is 0.103. The van der Waals surface area contributed by atoms with Crippen LogP contribution in [0.2, 0.25) is 0 Å². The molecule has 0 bridgehead atoms. The van der Waals surface area contributed by atoms with Crippen LogP contribution in [0.1, 0.15) is 40.5 Å². The normalized spacial score (nSPS) is 22.1. The topological polar surface area (TPSA) is 41.6 Å². The van der Waals surface area contributed by atoms with E-state index in [1.54, 1.807) is 0 Å². The van der Waals surface area contributed by atoms with Gasteiger partial charge >= 0.3 is 6.03 Å². The van der Waals surface area contributed by atoms with Crippen molar-refractivity contribution in [1.82, 2.24) is 10.2 Å². The van der Waals surface area contributed by atoms with Crippen LogP contribution in [0.25, 0.3) is 0 Å². The second-order valence-corrected chi connectivity index (χ2v) is 5.65. The summed E-state index contributed by atoms with van der Waals surface area (Å²) in [4.78, 5) is 14.1. The van der Waals surface area contributed by atoms with Crippen LogP contribution in [0.5, 0.6) is 0 Å². The first-order valence-electron chi connectivity index (χ1n) is 7.17. The van der Waals surface area contributed by atoms with Crippen molar-refractivity contribution in [3.05, 3.63) is 0 Å². The highest BCUT2D eigenvalue weighted by Crippen LogP contribution is 2.15. The van der Waals surface area contributed by atoms with Gasteiger partial charge in [0.1, 0.15) is 0 Å². The average molecular weight is 256 g/mol. The first-order chi connectivity index (χ1) is 8.54. The lowest BCUT2D eigenvalue weighted by atomic mass is 10.0. The second-order valence-electron chi connectivity index (χ2n) is 5.65. The Balaban J connectivity index is 2.44. The maximum atomic E-state index is 12.2. The van der Waals surface area contributed by atoms with Gasteiger partial charge in [-0.15, -0.1) is 0 Å². The molecule has 2 amide bonds. The molecule has 0 spiro atoms. The van der Waals surface area contributed by atoms with E-state index in [1.165, 1.54) is 6.42 Å². The third kappa shape index (κ3) is 4.84. The molecule has 1 N–H and O–H groups in total. The van der Waals surface area contributed by atoms with E-state index in [1.807, 2.05) is 11.8 Å². The summed E-state index contributed by atoms with van der Waals surface area (Å²) in [7, 11) is 0. The summed E-state index contributed by atoms with van der Waals surface area (Å²) in [5.41, 5.74) is 0. The molecule has 0 aliphatic carbocycles. The molecule has 1 rings (SSSR count). The molecular formula is C14H28N2O2. The largest absolute Gasteiger partial charge is 0.380 e. The fraction of sp³-hybridized carbons (Fsp3) is 0.929. The van der Waals surface area contributed by atoms with Crippen molar-refractivity contribution in [1.29, 1.82) is 0 Å². The van der Waals surface area contributed by atoms with Gasteiger partial charge in [0.2, 0.25) is 0 Å². The van der Waals surface area contributed by atoms with Crippen molar-refractivity contribution < 1.29 is 9.53 Å². The van der Waals surface area contributed by atoms with Crippen LogP contribution in [-0.4, -0.2) is 43.3 Å². The number of piperidine rings is 1. The monoisotopic (exact) mass is 256 g/mol. The molecule has 4 nitrogen and oxygen atoms in total. The summed E-state index contributed by atoms with van der Waals surface area (Å²) < 4.78 is 5.43. The van der Waals surface area contributed by atoms with Crippen LogP contribution in [-0.2, 0) is 4.74 Å². The number of hydrogen-bond acceptors (Lipinski definition) is 2. The number of likely N-dealkylation sites (tertiary alicyclic amines) is 1. The molecule has 0 aromatic carbocycles. The third-order valence-corrected chi connectivity index (χ3v) is 3.56. The highest BCUT2D eigenvalue weighted by Gasteiger charge is 2.24. The zero-order valence-electron chi connectivity index (χ0n) is 12.2. The number of ether oxygens (including phenoxy) is 1. The summed E-state index contributed by atoms with van der Waals surface area (Å²) in [6.07, 6.45) is 2.35. The number of amides is 2. The van der Waals surface area contributed by atoms with Crippen LogP contribution in [0, 0.1) is 11.8 Å². The fourth-order valence-corrected chi connectivity index (χ4v) is 2.27. The van der Waals surface area contributed by atoms with Crippen LogP contribution in [0.15, 0.2) is 0 Å². The van der Waals surface area contributed by atoms with E-state index in [9.17, 15) is 4.79 Å². The van der Waals surface area contributed by atoms with E-state index in [-0.39, 0.29) is 12.1 Å². The zero-order chi connectivity index (χ0) is 13.5. The molecule has 4 heteroatoms. The van der Waals surface area contributed by atoms with Crippen molar-refractivity contribution in [3.8, 4) is 0 Å². The number of carbonyl (C=O) groups is 1. The minimum atomic E-state index is 0.0694. The summed E-state index contributed by atoms with van der Waals surface area (Å²) >= 11 is 0. The molecule has 106 valence electrons. The van der Waals surface area contributed by atoms with Gasteiger partial charge in [0.25, 0.3) is 0 Å². The van der Waals surface area contributed by atoms with Crippen molar-refractivity contribution >= 4 is 6.03 Å². The van der Waals surface area contributed by atoms with Crippen molar-refractivity contribution in [3.63, 3.8) is 0 Å². The Kier molecular flexibility index (Phi) is 6.47. The van der Waals surface area contributed by atoms with Gasteiger partial charge in [0, 0.05) is 19.7 Å². The molecule has 1 fully saturated rings. The van der Waals surface area contributed by atoms with Gasteiger partial charge in [-0.05, 0) is 31.6 Å². The Morgan fingerprint density at radius 1 is 1.50 bits per heavy atom. The molecule has 0 aromatic rings. The predicted molar refractivity (Wildman–Crippen MR) is 73.6 cm³/mol. The molecule has 2 unspecified atom stereocenters. The predicted octanol–water partition coefficient (Wildman–Crippen LogP) is 2.49. The van der Waals surface area contributed by atoms with Gasteiger partial charge in [0.05, 0.1) is 12.6 Å². The summed E-state index contributed by atoms with van der Waals surface area (Å²) in [5.74, 6) is 1.01. The summed E-state index contributed by atoms with van der Waals surface area (Å²) in [6.45, 7) is 11.5. The lowest BCUT2D eigenvalue weighted by Gasteiger charge is -2.33. The van der Waals surface area contributed by atoms with E-state index < -0.39 is 0 Å². The molecular weight excluding hydrogens is 228 g/mol. The Bertz CT molecular complexity index is 256. The Hall–Kier alpha value is -0.770. The van der Waals surface area contributed by atoms with Crippen LogP contribution >= 0.6 is 0 Å². The Morgan fingerprint density at radius 2 is 2.22 bits per heavy atom. The minimum Gasteiger partial charge on any atom is -0.380 e. The highest BCUT2D eigenvalue weighted by molar-refractivity contribution is 5.74. The minimum absolute atomic E-state index is 0.0694. The number of urea groups is 1. The molecule has 1 aliphatic rings.